The van der Waals surface area contributed by atoms with E-state index in [1.165, 1.54) is 5.56 Å². The summed E-state index contributed by atoms with van der Waals surface area (Å²) in [5.41, 5.74) is 3.40. The topological polar surface area (TPSA) is 42.0 Å². The first-order valence-corrected chi connectivity index (χ1v) is 7.59. The summed E-state index contributed by atoms with van der Waals surface area (Å²) in [5.74, 6) is 0.0712. The first-order valence-electron chi connectivity index (χ1n) is 6.77. The molecule has 102 valence electrons. The van der Waals surface area contributed by atoms with E-state index in [9.17, 15) is 4.79 Å². The standard InChI is InChI=1S/C15H20N2OS/c1-4-5-6-7-13(18)16-15-17-14-11(3)8-10(2)9-12(14)19-15/h8-9H,4-7H2,1-3H3,(H,16,17,18). The molecule has 0 aliphatic rings. The first-order chi connectivity index (χ1) is 9.10. The summed E-state index contributed by atoms with van der Waals surface area (Å²) in [6, 6.07) is 4.24. The summed E-state index contributed by atoms with van der Waals surface area (Å²) in [6.45, 7) is 6.27. The lowest BCUT2D eigenvalue weighted by Gasteiger charge is -2.00. The number of carbonyl (C=O) groups excluding carboxylic acids is 1. The SMILES string of the molecule is CCCCCC(=O)Nc1nc2c(C)cc(C)cc2s1. The molecule has 0 aliphatic heterocycles. The number of thiazole rings is 1. The quantitative estimate of drug-likeness (QED) is 0.821. The van der Waals surface area contributed by atoms with Gasteiger partial charge in [0.05, 0.1) is 10.2 Å². The fraction of sp³-hybridized carbons (Fsp3) is 0.467. The number of benzene rings is 1. The molecule has 1 amide bonds. The number of hydrogen-bond donors (Lipinski definition) is 1. The zero-order valence-corrected chi connectivity index (χ0v) is 12.6. The molecule has 0 atom stereocenters. The second-order valence-corrected chi connectivity index (χ2v) is 5.98. The van der Waals surface area contributed by atoms with Crippen molar-refractivity contribution in [1.29, 1.82) is 0 Å². The highest BCUT2D eigenvalue weighted by atomic mass is 32.1. The van der Waals surface area contributed by atoms with Gasteiger partial charge in [0.25, 0.3) is 0 Å². The van der Waals surface area contributed by atoms with Crippen LogP contribution in [-0.4, -0.2) is 10.9 Å². The molecule has 0 unspecified atom stereocenters. The summed E-state index contributed by atoms with van der Waals surface area (Å²) in [5, 5.41) is 3.62. The number of anilines is 1. The predicted octanol–water partition coefficient (Wildman–Crippen LogP) is 4.43. The van der Waals surface area contributed by atoms with Crippen molar-refractivity contribution in [3.05, 3.63) is 23.3 Å². The lowest BCUT2D eigenvalue weighted by atomic mass is 10.1. The molecular formula is C15H20N2OS. The Kier molecular flexibility index (Phi) is 4.53. The van der Waals surface area contributed by atoms with Gasteiger partial charge in [-0.2, -0.15) is 0 Å². The molecule has 0 aliphatic carbocycles. The van der Waals surface area contributed by atoms with E-state index < -0.39 is 0 Å². The third-order valence-corrected chi connectivity index (χ3v) is 4.00. The maximum absolute atomic E-state index is 11.8. The Morgan fingerprint density at radius 1 is 1.32 bits per heavy atom. The Labute approximate surface area is 118 Å². The number of aromatic nitrogens is 1. The van der Waals surface area contributed by atoms with E-state index in [0.29, 0.717) is 11.6 Å². The normalized spacial score (nSPS) is 10.9. The maximum Gasteiger partial charge on any atom is 0.226 e. The average molecular weight is 276 g/mol. The molecule has 1 aromatic heterocycles. The summed E-state index contributed by atoms with van der Waals surface area (Å²) in [4.78, 5) is 16.3. The number of unbranched alkanes of at least 4 members (excludes halogenated alkanes) is 2. The fourth-order valence-corrected chi connectivity index (χ4v) is 3.20. The molecule has 0 saturated heterocycles. The van der Waals surface area contributed by atoms with Crippen LogP contribution in [0, 0.1) is 13.8 Å². The van der Waals surface area contributed by atoms with Crippen molar-refractivity contribution >= 4 is 32.6 Å². The van der Waals surface area contributed by atoms with Crippen molar-refractivity contribution in [1.82, 2.24) is 4.98 Å². The molecule has 1 aromatic carbocycles. The van der Waals surface area contributed by atoms with E-state index >= 15 is 0 Å². The number of amides is 1. The molecule has 0 bridgehead atoms. The molecule has 0 radical (unpaired) electrons. The Morgan fingerprint density at radius 3 is 2.84 bits per heavy atom. The zero-order valence-electron chi connectivity index (χ0n) is 11.7. The average Bonchev–Trinajstić information content (AvgIpc) is 2.72. The number of nitrogens with zero attached hydrogens (tertiary/aromatic N) is 1. The third-order valence-electron chi connectivity index (χ3n) is 3.08. The molecule has 1 heterocycles. The molecule has 2 rings (SSSR count). The van der Waals surface area contributed by atoms with E-state index in [0.717, 1.165) is 35.0 Å². The summed E-state index contributed by atoms with van der Waals surface area (Å²) in [7, 11) is 0. The molecule has 0 spiro atoms. The van der Waals surface area contributed by atoms with Crippen LogP contribution in [0.4, 0.5) is 5.13 Å². The zero-order chi connectivity index (χ0) is 13.8. The van der Waals surface area contributed by atoms with Crippen LogP contribution in [-0.2, 0) is 4.79 Å². The number of rotatable bonds is 5. The number of carbonyl (C=O) groups is 1. The highest BCUT2D eigenvalue weighted by Gasteiger charge is 2.09. The van der Waals surface area contributed by atoms with Gasteiger partial charge in [-0.15, -0.1) is 0 Å². The van der Waals surface area contributed by atoms with Gasteiger partial charge in [0.15, 0.2) is 5.13 Å². The summed E-state index contributed by atoms with van der Waals surface area (Å²) < 4.78 is 1.14. The largest absolute Gasteiger partial charge is 0.302 e. The second kappa shape index (κ2) is 6.15. The van der Waals surface area contributed by atoms with Crippen LogP contribution in [0.1, 0.15) is 43.7 Å². The number of fused-ring (bicyclic) bond motifs is 1. The van der Waals surface area contributed by atoms with Gasteiger partial charge in [0.1, 0.15) is 0 Å². The Bertz CT molecular complexity index is 589. The van der Waals surface area contributed by atoms with Crippen LogP contribution < -0.4 is 5.32 Å². The Hall–Kier alpha value is -1.42. The van der Waals surface area contributed by atoms with Crippen LogP contribution in [0.3, 0.4) is 0 Å². The lowest BCUT2D eigenvalue weighted by Crippen LogP contribution is -2.10. The van der Waals surface area contributed by atoms with E-state index in [4.69, 9.17) is 0 Å². The number of nitrogens with one attached hydrogen (secondary N) is 1. The van der Waals surface area contributed by atoms with Crippen molar-refractivity contribution in [2.45, 2.75) is 46.5 Å². The third kappa shape index (κ3) is 3.53. The van der Waals surface area contributed by atoms with Crippen LogP contribution in [0.2, 0.25) is 0 Å². The summed E-state index contributed by atoms with van der Waals surface area (Å²) in [6.07, 6.45) is 3.77. The minimum atomic E-state index is 0.0712. The summed E-state index contributed by atoms with van der Waals surface area (Å²) >= 11 is 1.55. The molecule has 2 aromatic rings. The van der Waals surface area contributed by atoms with Crippen molar-refractivity contribution in [2.75, 3.05) is 5.32 Å². The molecular weight excluding hydrogens is 256 g/mol. The number of aryl methyl sites for hydroxylation is 2. The van der Waals surface area contributed by atoms with E-state index in [1.807, 2.05) is 0 Å². The number of hydrogen-bond acceptors (Lipinski definition) is 3. The molecule has 1 N–H and O–H groups in total. The van der Waals surface area contributed by atoms with Gasteiger partial charge in [-0.25, -0.2) is 4.98 Å². The van der Waals surface area contributed by atoms with Crippen molar-refractivity contribution in [3.8, 4) is 0 Å². The van der Waals surface area contributed by atoms with Crippen molar-refractivity contribution in [2.24, 2.45) is 0 Å². The molecule has 0 saturated carbocycles. The molecule has 3 nitrogen and oxygen atoms in total. The van der Waals surface area contributed by atoms with Gasteiger partial charge in [-0.1, -0.05) is 37.2 Å². The molecule has 0 fully saturated rings. The van der Waals surface area contributed by atoms with Crippen LogP contribution in [0.25, 0.3) is 10.2 Å². The van der Waals surface area contributed by atoms with Gasteiger partial charge >= 0.3 is 0 Å². The highest BCUT2D eigenvalue weighted by Crippen LogP contribution is 2.29. The van der Waals surface area contributed by atoms with E-state index in [-0.39, 0.29) is 5.91 Å². The van der Waals surface area contributed by atoms with Crippen LogP contribution >= 0.6 is 11.3 Å². The van der Waals surface area contributed by atoms with E-state index in [2.05, 4.69) is 43.2 Å². The first kappa shape index (κ1) is 14.0. The fourth-order valence-electron chi connectivity index (χ4n) is 2.14. The van der Waals surface area contributed by atoms with E-state index in [1.54, 1.807) is 11.3 Å². The minimum Gasteiger partial charge on any atom is -0.302 e. The van der Waals surface area contributed by atoms with Crippen LogP contribution in [0.15, 0.2) is 12.1 Å². The predicted molar refractivity (Wildman–Crippen MR) is 81.9 cm³/mol. The van der Waals surface area contributed by atoms with Gasteiger partial charge in [-0.05, 0) is 37.5 Å². The van der Waals surface area contributed by atoms with Crippen molar-refractivity contribution < 1.29 is 4.79 Å². The van der Waals surface area contributed by atoms with Crippen molar-refractivity contribution in [3.63, 3.8) is 0 Å². The lowest BCUT2D eigenvalue weighted by molar-refractivity contribution is -0.116. The minimum absolute atomic E-state index is 0.0712. The monoisotopic (exact) mass is 276 g/mol. The Balaban J connectivity index is 2.09. The van der Waals surface area contributed by atoms with Gasteiger partial charge in [0, 0.05) is 6.42 Å². The molecule has 4 heteroatoms. The maximum atomic E-state index is 11.8. The van der Waals surface area contributed by atoms with Crippen LogP contribution in [0.5, 0.6) is 0 Å². The molecule has 19 heavy (non-hydrogen) atoms. The van der Waals surface area contributed by atoms with Gasteiger partial charge in [-0.3, -0.25) is 4.79 Å². The Morgan fingerprint density at radius 2 is 2.11 bits per heavy atom. The van der Waals surface area contributed by atoms with Gasteiger partial charge < -0.3 is 5.32 Å². The van der Waals surface area contributed by atoms with Gasteiger partial charge in [0.2, 0.25) is 5.91 Å². The second-order valence-electron chi connectivity index (χ2n) is 4.95. The smallest absolute Gasteiger partial charge is 0.226 e. The highest BCUT2D eigenvalue weighted by molar-refractivity contribution is 7.22.